The minimum Gasteiger partial charge on any atom is -0.351 e. The summed E-state index contributed by atoms with van der Waals surface area (Å²) in [5, 5.41) is 4.49. The number of fused-ring (bicyclic) bond motifs is 1. The first-order chi connectivity index (χ1) is 14.1. The molecule has 0 radical (unpaired) electrons. The van der Waals surface area contributed by atoms with E-state index in [2.05, 4.69) is 10.3 Å². The molecule has 0 bridgehead atoms. The van der Waals surface area contributed by atoms with Gasteiger partial charge in [-0.1, -0.05) is 24.3 Å². The van der Waals surface area contributed by atoms with Crippen LogP contribution in [0, 0.1) is 0 Å². The summed E-state index contributed by atoms with van der Waals surface area (Å²) < 4.78 is 29.8. The molecule has 152 valence electrons. The second-order valence-electron chi connectivity index (χ2n) is 6.88. The lowest BCUT2D eigenvalue weighted by Crippen LogP contribution is -2.37. The van der Waals surface area contributed by atoms with Crippen LogP contribution in [0.4, 0.5) is 0 Å². The van der Waals surface area contributed by atoms with E-state index in [-0.39, 0.29) is 15.7 Å². The fraction of sp³-hybridized carbons (Fsp3) is 0.300. The van der Waals surface area contributed by atoms with Crippen LogP contribution in [0.1, 0.15) is 27.2 Å². The highest BCUT2D eigenvalue weighted by molar-refractivity contribution is 7.89. The number of nitrogens with one attached hydrogen (secondary N) is 1. The van der Waals surface area contributed by atoms with E-state index in [1.54, 1.807) is 17.9 Å². The summed E-state index contributed by atoms with van der Waals surface area (Å²) in [4.78, 5) is 16.9. The van der Waals surface area contributed by atoms with Crippen LogP contribution in [0.25, 0.3) is 0 Å². The molecule has 0 fully saturated rings. The molecule has 1 aliphatic heterocycles. The van der Waals surface area contributed by atoms with Gasteiger partial charge in [-0.25, -0.2) is 13.4 Å². The zero-order chi connectivity index (χ0) is 20.3. The highest BCUT2D eigenvalue weighted by Crippen LogP contribution is 2.29. The molecule has 0 spiro atoms. The molecule has 3 heterocycles. The van der Waals surface area contributed by atoms with Crippen molar-refractivity contribution in [1.82, 2.24) is 19.2 Å². The summed E-state index contributed by atoms with van der Waals surface area (Å²) in [6.07, 6.45) is 6.71. The van der Waals surface area contributed by atoms with Crippen LogP contribution in [-0.4, -0.2) is 41.3 Å². The largest absolute Gasteiger partial charge is 0.351 e. The Morgan fingerprint density at radius 2 is 2.03 bits per heavy atom. The van der Waals surface area contributed by atoms with E-state index >= 15 is 0 Å². The lowest BCUT2D eigenvalue weighted by molar-refractivity contribution is 0.0953. The Balaban J connectivity index is 1.43. The van der Waals surface area contributed by atoms with Gasteiger partial charge in [-0.15, -0.1) is 11.3 Å². The first kappa shape index (κ1) is 19.8. The van der Waals surface area contributed by atoms with Gasteiger partial charge in [0, 0.05) is 38.6 Å². The number of imidazole rings is 1. The zero-order valence-electron chi connectivity index (χ0n) is 15.8. The molecule has 1 amide bonds. The van der Waals surface area contributed by atoms with Gasteiger partial charge in [0.15, 0.2) is 0 Å². The molecule has 4 rings (SSSR count). The summed E-state index contributed by atoms with van der Waals surface area (Å²) in [6.45, 7) is 1.95. The smallest absolute Gasteiger partial charge is 0.262 e. The van der Waals surface area contributed by atoms with Crippen LogP contribution in [0.3, 0.4) is 0 Å². The van der Waals surface area contributed by atoms with Crippen molar-refractivity contribution in [3.63, 3.8) is 0 Å². The number of carbonyl (C=O) groups excluding carboxylic acids is 1. The number of thiophene rings is 1. The first-order valence-corrected chi connectivity index (χ1v) is 11.8. The molecule has 1 aromatic carbocycles. The van der Waals surface area contributed by atoms with Crippen molar-refractivity contribution in [3.05, 3.63) is 70.4 Å². The van der Waals surface area contributed by atoms with Gasteiger partial charge in [-0.2, -0.15) is 4.31 Å². The predicted molar refractivity (Wildman–Crippen MR) is 111 cm³/mol. The minimum absolute atomic E-state index is 0.0917. The molecule has 0 saturated heterocycles. The third-order valence-corrected chi connectivity index (χ3v) is 7.92. The van der Waals surface area contributed by atoms with Crippen LogP contribution in [0.5, 0.6) is 0 Å². The fourth-order valence-corrected chi connectivity index (χ4v) is 6.18. The standard InChI is InChI=1S/C20H22N4O3S2/c25-20(22-8-3-10-23-12-9-21-15-23)19-18(7-13-28-19)29(26,27)24-11-6-16-4-1-2-5-17(16)14-24/h1-2,4-5,7,9,12-13,15H,3,6,8,10-11,14H2,(H,22,25). The Bertz CT molecular complexity index is 1090. The number of sulfonamides is 1. The molecule has 9 heteroatoms. The van der Waals surface area contributed by atoms with E-state index in [9.17, 15) is 13.2 Å². The molecule has 0 aliphatic carbocycles. The lowest BCUT2D eigenvalue weighted by Gasteiger charge is -2.28. The van der Waals surface area contributed by atoms with Gasteiger partial charge in [0.2, 0.25) is 10.0 Å². The number of nitrogens with zero attached hydrogens (tertiary/aromatic N) is 3. The van der Waals surface area contributed by atoms with Crippen molar-refractivity contribution in [2.75, 3.05) is 13.1 Å². The summed E-state index contributed by atoms with van der Waals surface area (Å²) in [5.41, 5.74) is 2.20. The highest BCUT2D eigenvalue weighted by Gasteiger charge is 2.32. The monoisotopic (exact) mass is 430 g/mol. The Kier molecular flexibility index (Phi) is 5.79. The average Bonchev–Trinajstić information content (AvgIpc) is 3.43. The predicted octanol–water partition coefficient (Wildman–Crippen LogP) is 2.51. The molecule has 0 saturated carbocycles. The summed E-state index contributed by atoms with van der Waals surface area (Å²) in [6, 6.07) is 9.41. The topological polar surface area (TPSA) is 84.3 Å². The molecule has 0 atom stereocenters. The van der Waals surface area contributed by atoms with E-state index in [1.165, 1.54) is 15.9 Å². The normalized spacial score (nSPS) is 14.5. The Labute approximate surface area is 174 Å². The molecular weight excluding hydrogens is 408 g/mol. The van der Waals surface area contributed by atoms with Crippen molar-refractivity contribution in [1.29, 1.82) is 0 Å². The minimum atomic E-state index is -3.73. The molecule has 1 N–H and O–H groups in total. The quantitative estimate of drug-likeness (QED) is 0.584. The number of hydrogen-bond acceptors (Lipinski definition) is 5. The van der Waals surface area contributed by atoms with E-state index in [1.807, 2.05) is 35.0 Å². The summed E-state index contributed by atoms with van der Waals surface area (Å²) in [7, 11) is -3.73. The first-order valence-electron chi connectivity index (χ1n) is 9.44. The van der Waals surface area contributed by atoms with E-state index in [4.69, 9.17) is 0 Å². The number of aryl methyl sites for hydroxylation is 1. The Hall–Kier alpha value is -2.49. The average molecular weight is 431 g/mol. The second kappa shape index (κ2) is 8.48. The van der Waals surface area contributed by atoms with Crippen LogP contribution in [0.15, 0.2) is 59.3 Å². The second-order valence-corrected chi connectivity index (χ2v) is 9.70. The summed E-state index contributed by atoms with van der Waals surface area (Å²) >= 11 is 1.16. The number of amides is 1. The van der Waals surface area contributed by atoms with Crippen LogP contribution >= 0.6 is 11.3 Å². The van der Waals surface area contributed by atoms with Gasteiger partial charge in [0.05, 0.1) is 6.33 Å². The van der Waals surface area contributed by atoms with Crippen LogP contribution < -0.4 is 5.32 Å². The van der Waals surface area contributed by atoms with Crippen LogP contribution in [0.2, 0.25) is 0 Å². The zero-order valence-corrected chi connectivity index (χ0v) is 17.5. The van der Waals surface area contributed by atoms with Gasteiger partial charge in [-0.3, -0.25) is 4.79 Å². The molecule has 0 unspecified atom stereocenters. The molecule has 1 aliphatic rings. The number of carbonyl (C=O) groups is 1. The van der Waals surface area contributed by atoms with Crippen molar-refractivity contribution < 1.29 is 13.2 Å². The third kappa shape index (κ3) is 4.26. The van der Waals surface area contributed by atoms with E-state index < -0.39 is 10.0 Å². The van der Waals surface area contributed by atoms with Crippen molar-refractivity contribution in [2.45, 2.75) is 30.8 Å². The Morgan fingerprint density at radius 1 is 1.21 bits per heavy atom. The molecule has 29 heavy (non-hydrogen) atoms. The van der Waals surface area contributed by atoms with Gasteiger partial charge in [-0.05, 0) is 35.4 Å². The fourth-order valence-electron chi connectivity index (χ4n) is 3.44. The lowest BCUT2D eigenvalue weighted by atomic mass is 10.0. The van der Waals surface area contributed by atoms with Gasteiger partial charge in [0.1, 0.15) is 9.77 Å². The highest BCUT2D eigenvalue weighted by atomic mass is 32.2. The summed E-state index contributed by atoms with van der Waals surface area (Å²) in [5.74, 6) is -0.346. The van der Waals surface area contributed by atoms with Gasteiger partial charge in [0.25, 0.3) is 5.91 Å². The molecule has 3 aromatic rings. The van der Waals surface area contributed by atoms with Gasteiger partial charge < -0.3 is 9.88 Å². The Morgan fingerprint density at radius 3 is 2.83 bits per heavy atom. The van der Waals surface area contributed by atoms with Crippen LogP contribution in [-0.2, 0) is 29.5 Å². The van der Waals surface area contributed by atoms with E-state index in [0.717, 1.165) is 29.9 Å². The number of hydrogen-bond donors (Lipinski definition) is 1. The van der Waals surface area contributed by atoms with E-state index in [0.29, 0.717) is 26.1 Å². The maximum absolute atomic E-state index is 13.2. The molecule has 7 nitrogen and oxygen atoms in total. The van der Waals surface area contributed by atoms with Crippen molar-refractivity contribution in [3.8, 4) is 0 Å². The third-order valence-electron chi connectivity index (χ3n) is 4.99. The molecule has 2 aromatic heterocycles. The number of aromatic nitrogens is 2. The van der Waals surface area contributed by atoms with Gasteiger partial charge >= 0.3 is 0 Å². The molecular formula is C20H22N4O3S2. The maximum atomic E-state index is 13.2. The van der Waals surface area contributed by atoms with Crippen molar-refractivity contribution >= 4 is 27.3 Å². The SMILES string of the molecule is O=C(NCCCn1ccnc1)c1sccc1S(=O)(=O)N1CCc2ccccc2C1. The number of rotatable bonds is 7. The number of benzene rings is 1. The van der Waals surface area contributed by atoms with Crippen molar-refractivity contribution in [2.24, 2.45) is 0 Å². The maximum Gasteiger partial charge on any atom is 0.262 e.